The summed E-state index contributed by atoms with van der Waals surface area (Å²) in [4.78, 5) is 4.65. The van der Waals surface area contributed by atoms with Crippen LogP contribution in [0.15, 0.2) is 46.3 Å². The summed E-state index contributed by atoms with van der Waals surface area (Å²) in [6, 6.07) is 0.200. The number of allylic oxidation sites excluding steroid dienone is 2. The fourth-order valence-electron chi connectivity index (χ4n) is 4.07. The molecule has 8 nitrogen and oxygen atoms in total. The van der Waals surface area contributed by atoms with Crippen molar-refractivity contribution < 1.29 is 8.42 Å². The molecule has 0 bridgehead atoms. The molecule has 1 aliphatic carbocycles. The third-order valence-electron chi connectivity index (χ3n) is 5.65. The van der Waals surface area contributed by atoms with Crippen LogP contribution in [0.5, 0.6) is 0 Å². The molecule has 2 N–H and O–H groups in total. The molecule has 28 heavy (non-hydrogen) atoms. The van der Waals surface area contributed by atoms with E-state index in [9.17, 15) is 8.42 Å². The van der Waals surface area contributed by atoms with Gasteiger partial charge in [0.25, 0.3) is 0 Å². The van der Waals surface area contributed by atoms with Gasteiger partial charge < -0.3 is 10.6 Å². The maximum absolute atomic E-state index is 12.7. The molecule has 0 aromatic carbocycles. The molecule has 0 amide bonds. The van der Waals surface area contributed by atoms with Crippen LogP contribution in [-0.2, 0) is 17.1 Å². The van der Waals surface area contributed by atoms with E-state index in [0.717, 1.165) is 24.5 Å². The van der Waals surface area contributed by atoms with E-state index >= 15 is 0 Å². The number of aliphatic imine (C=N–C) groups is 1. The number of piperidine rings is 1. The molecule has 0 unspecified atom stereocenters. The zero-order chi connectivity index (χ0) is 19.6. The summed E-state index contributed by atoms with van der Waals surface area (Å²) in [5.74, 6) is 1.41. The number of hydrogen-bond acceptors (Lipinski definition) is 6. The first-order chi connectivity index (χ1) is 13.5. The van der Waals surface area contributed by atoms with Crippen LogP contribution in [0, 0.1) is 5.92 Å². The van der Waals surface area contributed by atoms with Crippen molar-refractivity contribution in [2.45, 2.75) is 49.5 Å². The summed E-state index contributed by atoms with van der Waals surface area (Å²) < 4.78 is 28.5. The SMILES string of the molecule is Cn1cc(S(=O)(=O)N2CCC(NC3=NC=CC(=CC4CCCC4)N3)CC2)cn1. The molecule has 152 valence electrons. The minimum Gasteiger partial charge on any atom is -0.353 e. The number of guanidine groups is 1. The summed E-state index contributed by atoms with van der Waals surface area (Å²) in [5, 5.41) is 10.8. The van der Waals surface area contributed by atoms with E-state index in [2.05, 4.69) is 26.8 Å². The van der Waals surface area contributed by atoms with Crippen LogP contribution in [0.3, 0.4) is 0 Å². The van der Waals surface area contributed by atoms with Crippen molar-refractivity contribution in [1.82, 2.24) is 24.7 Å². The van der Waals surface area contributed by atoms with E-state index < -0.39 is 10.0 Å². The smallest absolute Gasteiger partial charge is 0.246 e. The predicted molar refractivity (Wildman–Crippen MR) is 108 cm³/mol. The second kappa shape index (κ2) is 8.08. The number of nitrogens with one attached hydrogen (secondary N) is 2. The number of aryl methyl sites for hydroxylation is 1. The van der Waals surface area contributed by atoms with Crippen molar-refractivity contribution in [3.05, 3.63) is 36.4 Å². The minimum absolute atomic E-state index is 0.200. The van der Waals surface area contributed by atoms with Crippen LogP contribution in [0.4, 0.5) is 0 Å². The monoisotopic (exact) mass is 404 g/mol. The fraction of sp³-hybridized carbons (Fsp3) is 0.579. The highest BCUT2D eigenvalue weighted by Crippen LogP contribution is 2.27. The summed E-state index contributed by atoms with van der Waals surface area (Å²) in [5.41, 5.74) is 1.10. The maximum Gasteiger partial charge on any atom is 0.246 e. The van der Waals surface area contributed by atoms with Crippen molar-refractivity contribution in [2.24, 2.45) is 18.0 Å². The van der Waals surface area contributed by atoms with Gasteiger partial charge in [-0.2, -0.15) is 9.40 Å². The van der Waals surface area contributed by atoms with Crippen LogP contribution in [0.2, 0.25) is 0 Å². The van der Waals surface area contributed by atoms with Gasteiger partial charge in [-0.3, -0.25) is 4.68 Å². The van der Waals surface area contributed by atoms with E-state index in [-0.39, 0.29) is 10.9 Å². The zero-order valence-electron chi connectivity index (χ0n) is 16.2. The van der Waals surface area contributed by atoms with Gasteiger partial charge in [-0.25, -0.2) is 13.4 Å². The van der Waals surface area contributed by atoms with Gasteiger partial charge in [-0.15, -0.1) is 0 Å². The Balaban J connectivity index is 1.31. The van der Waals surface area contributed by atoms with E-state index in [1.807, 2.05) is 12.3 Å². The molecule has 0 spiro atoms. The second-order valence-corrected chi connectivity index (χ2v) is 9.70. The number of aromatic nitrogens is 2. The Morgan fingerprint density at radius 1 is 1.21 bits per heavy atom. The Morgan fingerprint density at radius 3 is 2.64 bits per heavy atom. The van der Waals surface area contributed by atoms with Crippen LogP contribution in [0.1, 0.15) is 38.5 Å². The molecule has 1 aromatic heterocycles. The maximum atomic E-state index is 12.7. The Kier molecular flexibility index (Phi) is 5.54. The van der Waals surface area contributed by atoms with Crippen molar-refractivity contribution in [1.29, 1.82) is 0 Å². The van der Waals surface area contributed by atoms with E-state index in [0.29, 0.717) is 19.0 Å². The van der Waals surface area contributed by atoms with Crippen molar-refractivity contribution in [2.75, 3.05) is 13.1 Å². The third kappa shape index (κ3) is 4.30. The minimum atomic E-state index is -3.46. The highest BCUT2D eigenvalue weighted by molar-refractivity contribution is 7.89. The van der Waals surface area contributed by atoms with E-state index in [1.165, 1.54) is 36.6 Å². The molecular formula is C19H28N6O2S. The van der Waals surface area contributed by atoms with Gasteiger partial charge in [0, 0.05) is 44.3 Å². The molecule has 1 saturated carbocycles. The molecule has 1 aromatic rings. The topological polar surface area (TPSA) is 91.6 Å². The van der Waals surface area contributed by atoms with E-state index in [4.69, 9.17) is 0 Å². The molecule has 3 heterocycles. The first-order valence-electron chi connectivity index (χ1n) is 9.99. The molecule has 3 aliphatic rings. The summed E-state index contributed by atoms with van der Waals surface area (Å²) in [7, 11) is -1.74. The Hall–Kier alpha value is -2.13. The van der Waals surface area contributed by atoms with Crippen molar-refractivity contribution in [3.8, 4) is 0 Å². The first kappa shape index (κ1) is 19.2. The molecule has 2 fully saturated rings. The molecule has 1 saturated heterocycles. The van der Waals surface area contributed by atoms with Gasteiger partial charge in [-0.05, 0) is 37.7 Å². The number of sulfonamides is 1. The summed E-state index contributed by atoms with van der Waals surface area (Å²) in [6.07, 6.45) is 15.7. The predicted octanol–water partition coefficient (Wildman–Crippen LogP) is 1.71. The lowest BCUT2D eigenvalue weighted by Crippen LogP contribution is -2.49. The van der Waals surface area contributed by atoms with Crippen LogP contribution < -0.4 is 10.6 Å². The number of nitrogens with zero attached hydrogens (tertiary/aromatic N) is 4. The van der Waals surface area contributed by atoms with Gasteiger partial charge in [0.1, 0.15) is 4.90 Å². The van der Waals surface area contributed by atoms with Gasteiger partial charge in [0.05, 0.1) is 6.20 Å². The van der Waals surface area contributed by atoms with Gasteiger partial charge in [0.2, 0.25) is 16.0 Å². The highest BCUT2D eigenvalue weighted by Gasteiger charge is 2.30. The molecule has 9 heteroatoms. The number of hydrogen-bond donors (Lipinski definition) is 2. The lowest BCUT2D eigenvalue weighted by atomic mass is 10.1. The lowest BCUT2D eigenvalue weighted by molar-refractivity contribution is 0.306. The summed E-state index contributed by atoms with van der Waals surface area (Å²) >= 11 is 0. The Bertz CT molecular complexity index is 887. The normalized spacial score (nSPS) is 23.8. The molecule has 0 atom stereocenters. The zero-order valence-corrected chi connectivity index (χ0v) is 17.0. The largest absolute Gasteiger partial charge is 0.353 e. The average Bonchev–Trinajstić information content (AvgIpc) is 3.34. The van der Waals surface area contributed by atoms with Gasteiger partial charge in [-0.1, -0.05) is 18.9 Å². The van der Waals surface area contributed by atoms with Crippen LogP contribution >= 0.6 is 0 Å². The second-order valence-electron chi connectivity index (χ2n) is 7.76. The lowest BCUT2D eigenvalue weighted by Gasteiger charge is -2.32. The molecular weight excluding hydrogens is 376 g/mol. The fourth-order valence-corrected chi connectivity index (χ4v) is 5.52. The Labute approximate surface area is 166 Å². The van der Waals surface area contributed by atoms with Gasteiger partial charge in [0.15, 0.2) is 0 Å². The number of rotatable bonds is 4. The van der Waals surface area contributed by atoms with Crippen molar-refractivity contribution in [3.63, 3.8) is 0 Å². The molecule has 0 radical (unpaired) electrons. The van der Waals surface area contributed by atoms with E-state index in [1.54, 1.807) is 17.5 Å². The molecule has 4 rings (SSSR count). The standard InChI is InChI=1S/C19H28N6O2S/c1-24-14-18(13-21-24)28(26,27)25-10-7-16(8-11-25)22-19-20-9-6-17(23-19)12-15-4-2-3-5-15/h6,9,12-16H,2-5,7-8,10-11H2,1H3,(H2,20,22,23). The van der Waals surface area contributed by atoms with Crippen molar-refractivity contribution >= 4 is 16.0 Å². The Morgan fingerprint density at radius 2 is 1.96 bits per heavy atom. The first-order valence-corrected chi connectivity index (χ1v) is 11.4. The quantitative estimate of drug-likeness (QED) is 0.797. The van der Waals surface area contributed by atoms with Crippen LogP contribution in [0.25, 0.3) is 0 Å². The third-order valence-corrected chi connectivity index (χ3v) is 7.50. The van der Waals surface area contributed by atoms with Gasteiger partial charge >= 0.3 is 0 Å². The van der Waals surface area contributed by atoms with Crippen LogP contribution in [-0.4, -0.2) is 47.6 Å². The average molecular weight is 405 g/mol. The highest BCUT2D eigenvalue weighted by atomic mass is 32.2. The molecule has 2 aliphatic heterocycles. The summed E-state index contributed by atoms with van der Waals surface area (Å²) in [6.45, 7) is 0.978.